The van der Waals surface area contributed by atoms with E-state index in [9.17, 15) is 22.4 Å². The minimum atomic E-state index is -4.49. The molecule has 1 atom stereocenters. The molecule has 0 fully saturated rings. The lowest BCUT2D eigenvalue weighted by molar-refractivity contribution is -0.137. The van der Waals surface area contributed by atoms with Crippen LogP contribution in [0.2, 0.25) is 0 Å². The molecule has 2 aromatic rings. The van der Waals surface area contributed by atoms with Crippen molar-refractivity contribution < 1.29 is 22.4 Å². The number of nitrogens with zero attached hydrogens (tertiary/aromatic N) is 1. The van der Waals surface area contributed by atoms with Crippen molar-refractivity contribution in [3.05, 3.63) is 71.0 Å². The third kappa shape index (κ3) is 4.07. The third-order valence-electron chi connectivity index (χ3n) is 3.08. The fraction of sp³-hybridized carbons (Fsp3) is 0.125. The molecule has 0 aliphatic carbocycles. The van der Waals surface area contributed by atoms with Gasteiger partial charge in [-0.3, -0.25) is 4.79 Å². The average Bonchev–Trinajstić information content (AvgIpc) is 2.52. The Morgan fingerprint density at radius 2 is 1.61 bits per heavy atom. The van der Waals surface area contributed by atoms with Crippen molar-refractivity contribution >= 4 is 5.91 Å². The van der Waals surface area contributed by atoms with Gasteiger partial charge in [0.05, 0.1) is 11.6 Å². The number of amides is 1. The SMILES string of the molecule is N#C[C@@H](NC(=O)c1ccc(C(F)(F)F)cc1)c1ccc(F)cc1. The summed E-state index contributed by atoms with van der Waals surface area (Å²) in [6, 6.07) is 9.40. The van der Waals surface area contributed by atoms with Gasteiger partial charge in [-0.15, -0.1) is 0 Å². The van der Waals surface area contributed by atoms with Gasteiger partial charge >= 0.3 is 6.18 Å². The van der Waals surface area contributed by atoms with Crippen LogP contribution >= 0.6 is 0 Å². The van der Waals surface area contributed by atoms with E-state index in [1.54, 1.807) is 0 Å². The summed E-state index contributed by atoms with van der Waals surface area (Å²) in [6.07, 6.45) is -4.49. The monoisotopic (exact) mass is 322 g/mol. The number of nitrogens with one attached hydrogen (secondary N) is 1. The highest BCUT2D eigenvalue weighted by Crippen LogP contribution is 2.29. The van der Waals surface area contributed by atoms with Crippen LogP contribution in [0.25, 0.3) is 0 Å². The molecule has 0 aliphatic heterocycles. The van der Waals surface area contributed by atoms with Crippen molar-refractivity contribution in [1.29, 1.82) is 5.26 Å². The van der Waals surface area contributed by atoms with Crippen LogP contribution in [0, 0.1) is 17.1 Å². The molecule has 7 heteroatoms. The molecule has 2 rings (SSSR count). The van der Waals surface area contributed by atoms with Gasteiger partial charge in [0, 0.05) is 5.56 Å². The number of carbonyl (C=O) groups is 1. The first-order chi connectivity index (χ1) is 10.8. The second-order valence-electron chi connectivity index (χ2n) is 4.66. The first-order valence-electron chi connectivity index (χ1n) is 6.44. The second kappa shape index (κ2) is 6.48. The summed E-state index contributed by atoms with van der Waals surface area (Å²) in [7, 11) is 0. The second-order valence-corrected chi connectivity index (χ2v) is 4.66. The molecule has 0 saturated heterocycles. The highest BCUT2D eigenvalue weighted by atomic mass is 19.4. The van der Waals surface area contributed by atoms with Crippen LogP contribution in [0.5, 0.6) is 0 Å². The van der Waals surface area contributed by atoms with Gasteiger partial charge in [0.1, 0.15) is 11.9 Å². The van der Waals surface area contributed by atoms with Gasteiger partial charge in [-0.05, 0) is 42.0 Å². The van der Waals surface area contributed by atoms with Gasteiger partial charge in [-0.25, -0.2) is 4.39 Å². The van der Waals surface area contributed by atoms with Gasteiger partial charge in [-0.2, -0.15) is 18.4 Å². The largest absolute Gasteiger partial charge is 0.416 e. The lowest BCUT2D eigenvalue weighted by Gasteiger charge is -2.12. The lowest BCUT2D eigenvalue weighted by Crippen LogP contribution is -2.27. The van der Waals surface area contributed by atoms with Crippen LogP contribution in [0.1, 0.15) is 27.5 Å². The minimum Gasteiger partial charge on any atom is -0.333 e. The number of rotatable bonds is 3. The predicted octanol–water partition coefficient (Wildman–Crippen LogP) is 3.84. The van der Waals surface area contributed by atoms with Crippen molar-refractivity contribution in [3.8, 4) is 6.07 Å². The van der Waals surface area contributed by atoms with E-state index in [-0.39, 0.29) is 5.56 Å². The zero-order valence-electron chi connectivity index (χ0n) is 11.6. The van der Waals surface area contributed by atoms with E-state index in [0.29, 0.717) is 5.56 Å². The number of benzene rings is 2. The molecular formula is C16H10F4N2O. The highest BCUT2D eigenvalue weighted by molar-refractivity contribution is 5.94. The van der Waals surface area contributed by atoms with E-state index in [1.165, 1.54) is 12.1 Å². The summed E-state index contributed by atoms with van der Waals surface area (Å²) in [5.41, 5.74) is -0.515. The summed E-state index contributed by atoms with van der Waals surface area (Å²) in [5, 5.41) is 11.5. The molecule has 0 radical (unpaired) electrons. The topological polar surface area (TPSA) is 52.9 Å². The summed E-state index contributed by atoms with van der Waals surface area (Å²) < 4.78 is 50.2. The van der Waals surface area contributed by atoms with E-state index < -0.39 is 29.5 Å². The van der Waals surface area contributed by atoms with Crippen LogP contribution in [-0.4, -0.2) is 5.91 Å². The molecule has 0 spiro atoms. The zero-order chi connectivity index (χ0) is 17.0. The quantitative estimate of drug-likeness (QED) is 0.873. The Labute approximate surface area is 129 Å². The molecule has 0 aliphatic rings. The van der Waals surface area contributed by atoms with E-state index in [4.69, 9.17) is 5.26 Å². The number of carbonyl (C=O) groups excluding carboxylic acids is 1. The molecule has 0 saturated carbocycles. The van der Waals surface area contributed by atoms with Crippen LogP contribution < -0.4 is 5.32 Å². The van der Waals surface area contributed by atoms with Gasteiger partial charge in [0.15, 0.2) is 0 Å². The number of halogens is 4. The summed E-state index contributed by atoms with van der Waals surface area (Å²) in [5.74, 6) is -1.19. The minimum absolute atomic E-state index is 0.0136. The van der Waals surface area contributed by atoms with Gasteiger partial charge in [0.25, 0.3) is 5.91 Å². The van der Waals surface area contributed by atoms with E-state index in [0.717, 1.165) is 36.4 Å². The normalized spacial score (nSPS) is 12.3. The van der Waals surface area contributed by atoms with E-state index in [1.807, 2.05) is 6.07 Å². The molecular weight excluding hydrogens is 312 g/mol. The Morgan fingerprint density at radius 3 is 2.09 bits per heavy atom. The highest BCUT2D eigenvalue weighted by Gasteiger charge is 2.30. The average molecular weight is 322 g/mol. The Morgan fingerprint density at radius 1 is 1.04 bits per heavy atom. The van der Waals surface area contributed by atoms with Gasteiger partial charge in [-0.1, -0.05) is 12.1 Å². The van der Waals surface area contributed by atoms with Gasteiger partial charge in [0.2, 0.25) is 0 Å². The molecule has 0 bridgehead atoms. The predicted molar refractivity (Wildman–Crippen MR) is 73.7 cm³/mol. The van der Waals surface area contributed by atoms with Crippen LogP contribution in [0.3, 0.4) is 0 Å². The summed E-state index contributed by atoms with van der Waals surface area (Å²) in [4.78, 5) is 12.0. The molecule has 1 amide bonds. The molecule has 0 heterocycles. The lowest BCUT2D eigenvalue weighted by atomic mass is 10.1. The molecule has 0 unspecified atom stereocenters. The number of alkyl halides is 3. The number of hydrogen-bond donors (Lipinski definition) is 1. The first kappa shape index (κ1) is 16.5. The first-order valence-corrected chi connectivity index (χ1v) is 6.44. The Hall–Kier alpha value is -2.88. The molecule has 23 heavy (non-hydrogen) atoms. The van der Waals surface area contributed by atoms with Crippen molar-refractivity contribution in [3.63, 3.8) is 0 Å². The maximum Gasteiger partial charge on any atom is 0.416 e. The van der Waals surface area contributed by atoms with Crippen molar-refractivity contribution in [2.24, 2.45) is 0 Å². The third-order valence-corrected chi connectivity index (χ3v) is 3.08. The van der Waals surface area contributed by atoms with Crippen molar-refractivity contribution in [2.75, 3.05) is 0 Å². The van der Waals surface area contributed by atoms with E-state index >= 15 is 0 Å². The Bertz CT molecular complexity index is 731. The van der Waals surface area contributed by atoms with Crippen LogP contribution in [0.4, 0.5) is 17.6 Å². The summed E-state index contributed by atoms with van der Waals surface area (Å²) >= 11 is 0. The van der Waals surface area contributed by atoms with Gasteiger partial charge < -0.3 is 5.32 Å². The zero-order valence-corrected chi connectivity index (χ0v) is 11.6. The Balaban J connectivity index is 2.14. The fourth-order valence-corrected chi connectivity index (χ4v) is 1.87. The molecule has 0 aromatic heterocycles. The van der Waals surface area contributed by atoms with E-state index in [2.05, 4.69) is 5.32 Å². The molecule has 2 aromatic carbocycles. The summed E-state index contributed by atoms with van der Waals surface area (Å²) in [6.45, 7) is 0. The number of nitriles is 1. The van der Waals surface area contributed by atoms with Crippen molar-refractivity contribution in [1.82, 2.24) is 5.32 Å². The maximum atomic E-state index is 12.9. The van der Waals surface area contributed by atoms with Crippen LogP contribution in [-0.2, 0) is 6.18 Å². The fourth-order valence-electron chi connectivity index (χ4n) is 1.87. The Kier molecular flexibility index (Phi) is 4.65. The molecule has 3 nitrogen and oxygen atoms in total. The maximum absolute atomic E-state index is 12.9. The molecule has 1 N–H and O–H groups in total. The smallest absolute Gasteiger partial charge is 0.333 e. The number of hydrogen-bond acceptors (Lipinski definition) is 2. The molecule has 118 valence electrons. The standard InChI is InChI=1S/C16H10F4N2O/c17-13-7-3-10(4-8-13)14(9-21)22-15(23)11-1-5-12(6-2-11)16(18,19)20/h1-8,14H,(H,22,23)/t14-/m1/s1. The van der Waals surface area contributed by atoms with Crippen molar-refractivity contribution in [2.45, 2.75) is 12.2 Å². The van der Waals surface area contributed by atoms with Crippen LogP contribution in [0.15, 0.2) is 48.5 Å².